The Morgan fingerprint density at radius 1 is 1.24 bits per heavy atom. The second-order valence-electron chi connectivity index (χ2n) is 4.58. The highest BCUT2D eigenvalue weighted by molar-refractivity contribution is 6.31. The Hall–Kier alpha value is -1.26. The predicted octanol–water partition coefficient (Wildman–Crippen LogP) is 2.86. The molecule has 0 aromatic heterocycles. The van der Waals surface area contributed by atoms with Gasteiger partial charge in [0.2, 0.25) is 0 Å². The molecular formula is C16H26ClN3O. The molecule has 0 spiro atoms. The van der Waals surface area contributed by atoms with E-state index < -0.39 is 0 Å². The van der Waals surface area contributed by atoms with Crippen molar-refractivity contribution in [2.24, 2.45) is 4.99 Å². The minimum Gasteiger partial charge on any atom is -0.380 e. The van der Waals surface area contributed by atoms with Gasteiger partial charge in [0.25, 0.3) is 0 Å². The SMILES string of the molecule is CCNC(=NCCCc1ccccc1Cl)NCCOCC. The highest BCUT2D eigenvalue weighted by Gasteiger charge is 1.99. The summed E-state index contributed by atoms with van der Waals surface area (Å²) in [4.78, 5) is 4.55. The van der Waals surface area contributed by atoms with E-state index in [4.69, 9.17) is 16.3 Å². The van der Waals surface area contributed by atoms with Gasteiger partial charge in [-0.25, -0.2) is 0 Å². The molecule has 0 aliphatic carbocycles. The molecule has 4 nitrogen and oxygen atoms in total. The van der Waals surface area contributed by atoms with E-state index in [0.29, 0.717) is 6.61 Å². The van der Waals surface area contributed by atoms with E-state index in [1.807, 2.05) is 25.1 Å². The predicted molar refractivity (Wildman–Crippen MR) is 90.2 cm³/mol. The summed E-state index contributed by atoms with van der Waals surface area (Å²) in [5.41, 5.74) is 1.18. The lowest BCUT2D eigenvalue weighted by Gasteiger charge is -2.11. The summed E-state index contributed by atoms with van der Waals surface area (Å²) in [7, 11) is 0. The van der Waals surface area contributed by atoms with Gasteiger partial charge in [-0.15, -0.1) is 0 Å². The zero-order chi connectivity index (χ0) is 15.3. The molecule has 0 radical (unpaired) electrons. The maximum absolute atomic E-state index is 6.14. The van der Waals surface area contributed by atoms with Gasteiger partial charge < -0.3 is 15.4 Å². The van der Waals surface area contributed by atoms with Gasteiger partial charge in [-0.2, -0.15) is 0 Å². The second kappa shape index (κ2) is 11.4. The van der Waals surface area contributed by atoms with E-state index in [1.54, 1.807) is 0 Å². The van der Waals surface area contributed by atoms with E-state index in [0.717, 1.165) is 50.1 Å². The standard InChI is InChI=1S/C16H26ClN3O/c1-3-18-16(20-12-13-21-4-2)19-11-7-9-14-8-5-6-10-15(14)17/h5-6,8,10H,3-4,7,9,11-13H2,1-2H3,(H2,18,19,20). The lowest BCUT2D eigenvalue weighted by molar-refractivity contribution is 0.152. The molecule has 0 unspecified atom stereocenters. The Labute approximate surface area is 132 Å². The van der Waals surface area contributed by atoms with Crippen LogP contribution in [0.2, 0.25) is 5.02 Å². The third kappa shape index (κ3) is 7.93. The zero-order valence-electron chi connectivity index (χ0n) is 13.0. The number of nitrogens with zero attached hydrogens (tertiary/aromatic N) is 1. The quantitative estimate of drug-likeness (QED) is 0.419. The van der Waals surface area contributed by atoms with E-state index in [-0.39, 0.29) is 0 Å². The number of hydrogen-bond acceptors (Lipinski definition) is 2. The van der Waals surface area contributed by atoms with Crippen LogP contribution in [0.25, 0.3) is 0 Å². The number of hydrogen-bond donors (Lipinski definition) is 2. The maximum atomic E-state index is 6.14. The molecule has 1 aromatic carbocycles. The molecule has 0 aliphatic rings. The molecule has 0 atom stereocenters. The number of rotatable bonds is 9. The minimum atomic E-state index is 0.695. The van der Waals surface area contributed by atoms with Gasteiger partial charge in [0.05, 0.1) is 6.61 Å². The first kappa shape index (κ1) is 17.8. The van der Waals surface area contributed by atoms with E-state index in [9.17, 15) is 0 Å². The van der Waals surface area contributed by atoms with Crippen molar-refractivity contribution in [3.05, 3.63) is 34.9 Å². The van der Waals surface area contributed by atoms with Crippen molar-refractivity contribution >= 4 is 17.6 Å². The lowest BCUT2D eigenvalue weighted by atomic mass is 10.1. The zero-order valence-corrected chi connectivity index (χ0v) is 13.7. The third-order valence-electron chi connectivity index (χ3n) is 2.92. The van der Waals surface area contributed by atoms with E-state index in [1.165, 1.54) is 5.56 Å². The van der Waals surface area contributed by atoms with Gasteiger partial charge in [0, 0.05) is 31.3 Å². The van der Waals surface area contributed by atoms with Crippen molar-refractivity contribution in [2.75, 3.05) is 32.8 Å². The highest BCUT2D eigenvalue weighted by Crippen LogP contribution is 2.16. The fourth-order valence-corrected chi connectivity index (χ4v) is 2.12. The first-order valence-electron chi connectivity index (χ1n) is 7.61. The molecule has 21 heavy (non-hydrogen) atoms. The fraction of sp³-hybridized carbons (Fsp3) is 0.562. The van der Waals surface area contributed by atoms with Crippen LogP contribution in [-0.4, -0.2) is 38.8 Å². The first-order valence-corrected chi connectivity index (χ1v) is 7.99. The van der Waals surface area contributed by atoms with Crippen LogP contribution in [-0.2, 0) is 11.2 Å². The summed E-state index contributed by atoms with van der Waals surface area (Å²) in [5.74, 6) is 0.844. The van der Waals surface area contributed by atoms with Gasteiger partial charge in [0.1, 0.15) is 0 Å². The number of benzene rings is 1. The van der Waals surface area contributed by atoms with Crippen molar-refractivity contribution in [1.29, 1.82) is 0 Å². The minimum absolute atomic E-state index is 0.695. The van der Waals surface area contributed by atoms with Crippen molar-refractivity contribution in [3.63, 3.8) is 0 Å². The molecule has 1 aromatic rings. The van der Waals surface area contributed by atoms with Crippen LogP contribution >= 0.6 is 11.6 Å². The largest absolute Gasteiger partial charge is 0.380 e. The van der Waals surface area contributed by atoms with E-state index in [2.05, 4.69) is 28.6 Å². The number of aryl methyl sites for hydroxylation is 1. The number of ether oxygens (including phenoxy) is 1. The molecule has 0 aliphatic heterocycles. The van der Waals surface area contributed by atoms with Crippen molar-refractivity contribution < 1.29 is 4.74 Å². The Bertz CT molecular complexity index is 424. The molecule has 118 valence electrons. The van der Waals surface area contributed by atoms with Crippen LogP contribution < -0.4 is 10.6 Å². The summed E-state index contributed by atoms with van der Waals surface area (Å²) in [6.45, 7) is 7.88. The molecule has 0 amide bonds. The van der Waals surface area contributed by atoms with Crippen LogP contribution in [0.1, 0.15) is 25.8 Å². The summed E-state index contributed by atoms with van der Waals surface area (Å²) in [6, 6.07) is 7.97. The molecule has 0 saturated carbocycles. The molecule has 0 heterocycles. The highest BCUT2D eigenvalue weighted by atomic mass is 35.5. The summed E-state index contributed by atoms with van der Waals surface area (Å²) < 4.78 is 5.30. The van der Waals surface area contributed by atoms with Gasteiger partial charge >= 0.3 is 0 Å². The topological polar surface area (TPSA) is 45.7 Å². The Morgan fingerprint density at radius 2 is 2.05 bits per heavy atom. The molecule has 1 rings (SSSR count). The maximum Gasteiger partial charge on any atom is 0.191 e. The van der Waals surface area contributed by atoms with Crippen LogP contribution in [0.15, 0.2) is 29.3 Å². The van der Waals surface area contributed by atoms with Gasteiger partial charge in [-0.05, 0) is 38.3 Å². The normalized spacial score (nSPS) is 11.5. The molecule has 2 N–H and O–H groups in total. The summed E-state index contributed by atoms with van der Waals surface area (Å²) in [5, 5.41) is 7.32. The first-order chi connectivity index (χ1) is 10.3. The van der Waals surface area contributed by atoms with Gasteiger partial charge in [0.15, 0.2) is 5.96 Å². The Balaban J connectivity index is 2.31. The van der Waals surface area contributed by atoms with Crippen molar-refractivity contribution in [3.8, 4) is 0 Å². The van der Waals surface area contributed by atoms with Gasteiger partial charge in [-0.1, -0.05) is 29.8 Å². The summed E-state index contributed by atoms with van der Waals surface area (Å²) in [6.07, 6.45) is 1.92. The molecule has 0 bridgehead atoms. The second-order valence-corrected chi connectivity index (χ2v) is 4.99. The number of aliphatic imine (C=N–C) groups is 1. The van der Waals surface area contributed by atoms with Crippen LogP contribution in [0.5, 0.6) is 0 Å². The van der Waals surface area contributed by atoms with Crippen LogP contribution in [0.4, 0.5) is 0 Å². The molecule has 0 fully saturated rings. The summed E-state index contributed by atoms with van der Waals surface area (Å²) >= 11 is 6.14. The molecule has 5 heteroatoms. The van der Waals surface area contributed by atoms with Crippen LogP contribution in [0, 0.1) is 0 Å². The number of halogens is 1. The van der Waals surface area contributed by atoms with E-state index >= 15 is 0 Å². The third-order valence-corrected chi connectivity index (χ3v) is 3.29. The average molecular weight is 312 g/mol. The average Bonchev–Trinajstić information content (AvgIpc) is 2.49. The molecule has 0 saturated heterocycles. The monoisotopic (exact) mass is 311 g/mol. The Kier molecular flexibility index (Phi) is 9.66. The fourth-order valence-electron chi connectivity index (χ4n) is 1.89. The lowest BCUT2D eigenvalue weighted by Crippen LogP contribution is -2.39. The number of nitrogens with one attached hydrogen (secondary N) is 2. The van der Waals surface area contributed by atoms with Crippen molar-refractivity contribution in [2.45, 2.75) is 26.7 Å². The van der Waals surface area contributed by atoms with Crippen LogP contribution in [0.3, 0.4) is 0 Å². The molecular weight excluding hydrogens is 286 g/mol. The van der Waals surface area contributed by atoms with Gasteiger partial charge in [-0.3, -0.25) is 4.99 Å². The smallest absolute Gasteiger partial charge is 0.191 e. The Morgan fingerprint density at radius 3 is 2.76 bits per heavy atom. The van der Waals surface area contributed by atoms with Crippen molar-refractivity contribution in [1.82, 2.24) is 10.6 Å². The number of guanidine groups is 1.